The number of rotatable bonds is 4. The van der Waals surface area contributed by atoms with Crippen molar-refractivity contribution < 1.29 is 9.90 Å². The normalized spacial score (nSPS) is 14.5. The van der Waals surface area contributed by atoms with E-state index in [-0.39, 0.29) is 1.43 Å². The van der Waals surface area contributed by atoms with E-state index in [1.54, 1.807) is 0 Å². The smallest absolute Gasteiger partial charge is 0.320 e. The van der Waals surface area contributed by atoms with Crippen LogP contribution in [0.4, 0.5) is 0 Å². The second-order valence-electron chi connectivity index (χ2n) is 2.55. The predicted molar refractivity (Wildman–Crippen MR) is 61.3 cm³/mol. The summed E-state index contributed by atoms with van der Waals surface area (Å²) in [5.41, 5.74) is 5.32. The fraction of sp³-hybridized carbons (Fsp3) is 0.833. The van der Waals surface area contributed by atoms with Gasteiger partial charge in [0.2, 0.25) is 0 Å². The van der Waals surface area contributed by atoms with Gasteiger partial charge in [-0.15, -0.1) is 0 Å². The summed E-state index contributed by atoms with van der Waals surface area (Å²) in [6.07, 6.45) is 1.36. The van der Waals surface area contributed by atoms with Crippen molar-refractivity contribution in [2.45, 2.75) is 27.2 Å². The van der Waals surface area contributed by atoms with Crippen LogP contribution in [0.2, 0.25) is 0 Å². The molecule has 0 aromatic rings. The third kappa shape index (κ3) is 7.26. The van der Waals surface area contributed by atoms with Crippen LogP contribution >= 0.6 is 45.2 Å². The van der Waals surface area contributed by atoms with Crippen molar-refractivity contribution in [1.82, 2.24) is 0 Å². The lowest BCUT2D eigenvalue weighted by atomic mass is 10.1. The molecule has 0 aliphatic carbocycles. The average molecular weight is 383 g/mol. The van der Waals surface area contributed by atoms with Gasteiger partial charge in [0, 0.05) is 0 Å². The van der Waals surface area contributed by atoms with Crippen LogP contribution in [0, 0.1) is 0 Å². The van der Waals surface area contributed by atoms with Gasteiger partial charge >= 0.3 is 5.97 Å². The standard InChI is InChI=1S/C6H11I2NO2/c1-6(7,8)3-2-4(9)5(10)11/h4H,2-3,9H2,1H3,(H,10,11)/t4-/m0/s1. The van der Waals surface area contributed by atoms with Gasteiger partial charge in [-0.05, 0) is 19.8 Å². The fourth-order valence-corrected chi connectivity index (χ4v) is 1.16. The van der Waals surface area contributed by atoms with Crippen molar-refractivity contribution in [2.24, 2.45) is 5.73 Å². The molecule has 0 rings (SSSR count). The molecule has 0 spiro atoms. The molecule has 0 radical (unpaired) electrons. The van der Waals surface area contributed by atoms with E-state index in [1.807, 2.05) is 6.92 Å². The number of carboxylic acids is 1. The topological polar surface area (TPSA) is 63.3 Å². The van der Waals surface area contributed by atoms with Crippen LogP contribution in [0.5, 0.6) is 0 Å². The number of hydrogen-bond acceptors (Lipinski definition) is 2. The van der Waals surface area contributed by atoms with E-state index in [0.717, 1.165) is 6.42 Å². The number of nitrogens with two attached hydrogens (primary N) is 1. The van der Waals surface area contributed by atoms with Crippen molar-refractivity contribution in [2.75, 3.05) is 0 Å². The van der Waals surface area contributed by atoms with Crippen molar-refractivity contribution in [3.63, 3.8) is 0 Å². The molecule has 0 saturated heterocycles. The number of carboxylic acid groups (broad SMARTS) is 1. The highest BCUT2D eigenvalue weighted by Crippen LogP contribution is 2.31. The molecule has 0 bridgehead atoms. The number of aliphatic carboxylic acids is 1. The Morgan fingerprint density at radius 2 is 2.18 bits per heavy atom. The van der Waals surface area contributed by atoms with Crippen LogP contribution in [0.3, 0.4) is 0 Å². The molecule has 0 heterocycles. The molecule has 0 fully saturated rings. The van der Waals surface area contributed by atoms with Gasteiger partial charge in [0.25, 0.3) is 0 Å². The first-order valence-corrected chi connectivity index (χ1v) is 5.35. The van der Waals surface area contributed by atoms with E-state index in [0.29, 0.717) is 6.42 Å². The quantitative estimate of drug-likeness (QED) is 0.575. The van der Waals surface area contributed by atoms with Crippen LogP contribution in [-0.2, 0) is 4.79 Å². The molecule has 66 valence electrons. The number of halogens is 2. The number of hydrogen-bond donors (Lipinski definition) is 2. The molecule has 0 aromatic carbocycles. The Labute approximate surface area is 93.4 Å². The third-order valence-corrected chi connectivity index (χ3v) is 2.29. The summed E-state index contributed by atoms with van der Waals surface area (Å²) < 4.78 is 0.114. The average Bonchev–Trinajstić information content (AvgIpc) is 1.80. The van der Waals surface area contributed by atoms with Gasteiger partial charge in [-0.3, -0.25) is 4.79 Å². The molecule has 0 aromatic heterocycles. The van der Waals surface area contributed by atoms with Gasteiger partial charge in [0.05, 0.1) is 1.43 Å². The maximum absolute atomic E-state index is 10.3. The minimum atomic E-state index is -0.915. The summed E-state index contributed by atoms with van der Waals surface area (Å²) >= 11 is 4.54. The first kappa shape index (κ1) is 11.9. The van der Waals surface area contributed by atoms with Crippen molar-refractivity contribution in [3.05, 3.63) is 0 Å². The van der Waals surface area contributed by atoms with E-state index >= 15 is 0 Å². The number of carbonyl (C=O) groups is 1. The van der Waals surface area contributed by atoms with Crippen LogP contribution < -0.4 is 5.73 Å². The SMILES string of the molecule is CC(I)(I)CC[C@H](N)C(=O)O. The lowest BCUT2D eigenvalue weighted by Gasteiger charge is -2.15. The van der Waals surface area contributed by atoms with E-state index in [4.69, 9.17) is 10.8 Å². The zero-order chi connectivity index (χ0) is 9.07. The highest BCUT2D eigenvalue weighted by atomic mass is 127. The molecular weight excluding hydrogens is 372 g/mol. The van der Waals surface area contributed by atoms with Crippen LogP contribution in [-0.4, -0.2) is 18.5 Å². The monoisotopic (exact) mass is 383 g/mol. The van der Waals surface area contributed by atoms with Crippen molar-refractivity contribution in [3.8, 4) is 0 Å². The van der Waals surface area contributed by atoms with Crippen molar-refractivity contribution in [1.29, 1.82) is 0 Å². The predicted octanol–water partition coefficient (Wildman–Crippen LogP) is 1.76. The first-order chi connectivity index (χ1) is 4.83. The molecule has 0 unspecified atom stereocenters. The van der Waals surface area contributed by atoms with Gasteiger partial charge in [-0.2, -0.15) is 0 Å². The van der Waals surface area contributed by atoms with E-state index < -0.39 is 12.0 Å². The van der Waals surface area contributed by atoms with E-state index in [1.165, 1.54) is 0 Å². The number of alkyl halides is 2. The Morgan fingerprint density at radius 3 is 2.45 bits per heavy atom. The maximum Gasteiger partial charge on any atom is 0.320 e. The highest BCUT2D eigenvalue weighted by molar-refractivity contribution is 14.2. The maximum atomic E-state index is 10.3. The lowest BCUT2D eigenvalue weighted by Crippen LogP contribution is -2.31. The summed E-state index contributed by atoms with van der Waals surface area (Å²) in [7, 11) is 0. The zero-order valence-electron chi connectivity index (χ0n) is 6.18. The van der Waals surface area contributed by atoms with E-state index in [2.05, 4.69) is 45.2 Å². The van der Waals surface area contributed by atoms with Gasteiger partial charge in [0.15, 0.2) is 0 Å². The summed E-state index contributed by atoms with van der Waals surface area (Å²) in [5.74, 6) is -0.915. The Kier molecular flexibility index (Phi) is 5.19. The van der Waals surface area contributed by atoms with Gasteiger partial charge in [-0.25, -0.2) is 0 Å². The molecule has 3 N–H and O–H groups in total. The Balaban J connectivity index is 3.63. The summed E-state index contributed by atoms with van der Waals surface area (Å²) in [6.45, 7) is 2.04. The lowest BCUT2D eigenvalue weighted by molar-refractivity contribution is -0.138. The van der Waals surface area contributed by atoms with Crippen LogP contribution in [0.25, 0.3) is 0 Å². The molecule has 0 saturated carbocycles. The molecule has 5 heteroatoms. The molecule has 0 aliphatic heterocycles. The second kappa shape index (κ2) is 4.80. The third-order valence-electron chi connectivity index (χ3n) is 1.21. The minimum Gasteiger partial charge on any atom is -0.480 e. The minimum absolute atomic E-state index is 0.114. The molecule has 0 amide bonds. The molecule has 3 nitrogen and oxygen atoms in total. The van der Waals surface area contributed by atoms with Crippen molar-refractivity contribution >= 4 is 51.2 Å². The largest absolute Gasteiger partial charge is 0.480 e. The zero-order valence-corrected chi connectivity index (χ0v) is 10.5. The van der Waals surface area contributed by atoms with Gasteiger partial charge < -0.3 is 10.8 Å². The van der Waals surface area contributed by atoms with Gasteiger partial charge in [-0.1, -0.05) is 45.2 Å². The summed E-state index contributed by atoms with van der Waals surface area (Å²) in [5, 5.41) is 8.45. The Bertz CT molecular complexity index is 144. The highest BCUT2D eigenvalue weighted by Gasteiger charge is 2.19. The second-order valence-corrected chi connectivity index (χ2v) is 9.38. The fourth-order valence-electron chi connectivity index (χ4n) is 0.532. The summed E-state index contributed by atoms with van der Waals surface area (Å²) in [4.78, 5) is 10.3. The van der Waals surface area contributed by atoms with E-state index in [9.17, 15) is 4.79 Å². The van der Waals surface area contributed by atoms with Crippen LogP contribution in [0.1, 0.15) is 19.8 Å². The Hall–Kier alpha value is 0.890. The molecule has 1 atom stereocenters. The molecule has 0 aliphatic rings. The molecule has 11 heavy (non-hydrogen) atoms. The summed E-state index contributed by atoms with van der Waals surface area (Å²) in [6, 6.07) is -0.709. The van der Waals surface area contributed by atoms with Gasteiger partial charge in [0.1, 0.15) is 6.04 Å². The Morgan fingerprint density at radius 1 is 1.73 bits per heavy atom. The first-order valence-electron chi connectivity index (χ1n) is 3.19. The molecular formula is C6H11I2NO2. The van der Waals surface area contributed by atoms with Crippen LogP contribution in [0.15, 0.2) is 0 Å².